The predicted molar refractivity (Wildman–Crippen MR) is 155 cm³/mol. The summed E-state index contributed by atoms with van der Waals surface area (Å²) in [6, 6.07) is 16.8. The lowest BCUT2D eigenvalue weighted by molar-refractivity contribution is -0.140. The Morgan fingerprint density at radius 2 is 1.59 bits per heavy atom. The number of carbonyl (C=O) groups is 2. The van der Waals surface area contributed by atoms with E-state index in [2.05, 4.69) is 5.32 Å². The number of hydrogen-bond donors (Lipinski definition) is 1. The quantitative estimate of drug-likeness (QED) is 0.301. The van der Waals surface area contributed by atoms with E-state index < -0.39 is 34.3 Å². The van der Waals surface area contributed by atoms with Crippen molar-refractivity contribution in [2.24, 2.45) is 0 Å². The summed E-state index contributed by atoms with van der Waals surface area (Å²) in [6.07, 6.45) is 1.01. The Morgan fingerprint density at radius 3 is 2.17 bits per heavy atom. The van der Waals surface area contributed by atoms with Crippen molar-refractivity contribution < 1.29 is 31.9 Å². The fourth-order valence-corrected chi connectivity index (χ4v) is 5.68. The van der Waals surface area contributed by atoms with Crippen molar-refractivity contribution in [2.75, 3.05) is 31.6 Å². The smallest absolute Gasteiger partial charge is 0.264 e. The molecule has 11 heteroatoms. The second kappa shape index (κ2) is 14.5. The number of methoxy groups -OCH3 is 2. The van der Waals surface area contributed by atoms with Crippen molar-refractivity contribution in [3.05, 3.63) is 84.2 Å². The molecule has 0 spiro atoms. The minimum atomic E-state index is -4.28. The fourth-order valence-electron chi connectivity index (χ4n) is 4.26. The van der Waals surface area contributed by atoms with E-state index in [-0.39, 0.29) is 23.0 Å². The van der Waals surface area contributed by atoms with Crippen LogP contribution in [-0.4, -0.2) is 58.5 Å². The molecule has 0 aromatic heterocycles. The summed E-state index contributed by atoms with van der Waals surface area (Å²) < 4.78 is 52.9. The van der Waals surface area contributed by atoms with Gasteiger partial charge in [-0.1, -0.05) is 26.0 Å². The van der Waals surface area contributed by atoms with Gasteiger partial charge in [-0.05, 0) is 79.1 Å². The van der Waals surface area contributed by atoms with Crippen molar-refractivity contribution in [3.8, 4) is 11.5 Å². The van der Waals surface area contributed by atoms with Crippen LogP contribution in [0.25, 0.3) is 0 Å². The third-order valence-corrected chi connectivity index (χ3v) is 8.25. The van der Waals surface area contributed by atoms with E-state index in [0.717, 1.165) is 16.4 Å². The molecule has 0 fully saturated rings. The molecular formula is C30H36FN3O6S. The highest BCUT2D eigenvalue weighted by Gasteiger charge is 2.33. The minimum absolute atomic E-state index is 0.0356. The zero-order chi connectivity index (χ0) is 30.0. The van der Waals surface area contributed by atoms with E-state index in [1.54, 1.807) is 31.2 Å². The molecule has 1 atom stereocenters. The lowest BCUT2D eigenvalue weighted by Crippen LogP contribution is -2.52. The topological polar surface area (TPSA) is 105 Å². The van der Waals surface area contributed by atoms with Crippen LogP contribution in [0, 0.1) is 5.82 Å². The molecule has 0 unspecified atom stereocenters. The molecule has 0 saturated heterocycles. The molecule has 0 heterocycles. The molecule has 1 N–H and O–H groups in total. The van der Waals surface area contributed by atoms with E-state index in [9.17, 15) is 22.4 Å². The molecule has 220 valence electrons. The van der Waals surface area contributed by atoms with Gasteiger partial charge < -0.3 is 19.7 Å². The highest BCUT2D eigenvalue weighted by atomic mass is 32.2. The van der Waals surface area contributed by atoms with Gasteiger partial charge in [0, 0.05) is 13.1 Å². The van der Waals surface area contributed by atoms with Gasteiger partial charge in [0.1, 0.15) is 29.9 Å². The Labute approximate surface area is 240 Å². The molecule has 3 aromatic carbocycles. The van der Waals surface area contributed by atoms with Crippen LogP contribution in [0.2, 0.25) is 0 Å². The Kier molecular flexibility index (Phi) is 11.1. The Bertz CT molecular complexity index is 1410. The van der Waals surface area contributed by atoms with E-state index in [1.165, 1.54) is 55.5 Å². The molecule has 0 radical (unpaired) electrons. The molecule has 0 saturated carbocycles. The van der Waals surface area contributed by atoms with Gasteiger partial charge in [0.2, 0.25) is 11.8 Å². The molecule has 0 aliphatic rings. The number of anilines is 1. The summed E-state index contributed by atoms with van der Waals surface area (Å²) >= 11 is 0. The standard InChI is InChI=1S/C30H36FN3O6S/c1-5-18-32-30(36)28(6-2)33(20-22-8-7-9-26(19-22)40-4)29(35)21-34(24-12-10-23(31)11-13-24)41(37,38)27-16-14-25(39-3)15-17-27/h7-17,19,28H,5-6,18,20-21H2,1-4H3,(H,32,36)/t28-/m0/s1. The maximum atomic E-state index is 14.0. The number of carbonyl (C=O) groups excluding carboxylic acids is 2. The normalized spacial score (nSPS) is 11.8. The van der Waals surface area contributed by atoms with E-state index in [0.29, 0.717) is 36.4 Å². The Balaban J connectivity index is 2.05. The number of nitrogens with one attached hydrogen (secondary N) is 1. The molecule has 2 amide bonds. The average Bonchev–Trinajstić information content (AvgIpc) is 2.99. The molecule has 41 heavy (non-hydrogen) atoms. The zero-order valence-electron chi connectivity index (χ0n) is 23.7. The summed E-state index contributed by atoms with van der Waals surface area (Å²) in [4.78, 5) is 28.5. The number of hydrogen-bond acceptors (Lipinski definition) is 6. The maximum absolute atomic E-state index is 14.0. The molecule has 3 aromatic rings. The van der Waals surface area contributed by atoms with Crippen molar-refractivity contribution in [3.63, 3.8) is 0 Å². The van der Waals surface area contributed by atoms with E-state index >= 15 is 0 Å². The van der Waals surface area contributed by atoms with Gasteiger partial charge >= 0.3 is 0 Å². The van der Waals surface area contributed by atoms with Crippen LogP contribution in [-0.2, 0) is 26.2 Å². The van der Waals surface area contributed by atoms with Crippen LogP contribution in [0.3, 0.4) is 0 Å². The predicted octanol–water partition coefficient (Wildman–Crippen LogP) is 4.37. The maximum Gasteiger partial charge on any atom is 0.264 e. The van der Waals surface area contributed by atoms with Gasteiger partial charge in [-0.25, -0.2) is 12.8 Å². The van der Waals surface area contributed by atoms with Crippen molar-refractivity contribution in [1.82, 2.24) is 10.2 Å². The number of halogens is 1. The lowest BCUT2D eigenvalue weighted by atomic mass is 10.1. The summed E-state index contributed by atoms with van der Waals surface area (Å²) in [7, 11) is -1.29. The van der Waals surface area contributed by atoms with Crippen LogP contribution in [0.4, 0.5) is 10.1 Å². The first-order valence-corrected chi connectivity index (χ1v) is 14.7. The molecule has 0 aliphatic heterocycles. The SMILES string of the molecule is CCCNC(=O)[C@H](CC)N(Cc1cccc(OC)c1)C(=O)CN(c1ccc(F)cc1)S(=O)(=O)c1ccc(OC)cc1. The van der Waals surface area contributed by atoms with Crippen molar-refractivity contribution in [1.29, 1.82) is 0 Å². The van der Waals surface area contributed by atoms with Crippen molar-refractivity contribution in [2.45, 2.75) is 44.2 Å². The number of amides is 2. The van der Waals surface area contributed by atoms with Crippen LogP contribution < -0.4 is 19.1 Å². The second-order valence-electron chi connectivity index (χ2n) is 9.25. The monoisotopic (exact) mass is 585 g/mol. The molecule has 0 bridgehead atoms. The lowest BCUT2D eigenvalue weighted by Gasteiger charge is -2.33. The number of benzene rings is 3. The summed E-state index contributed by atoms with van der Waals surface area (Å²) in [6.45, 7) is 3.55. The summed E-state index contributed by atoms with van der Waals surface area (Å²) in [5, 5.41) is 2.84. The van der Waals surface area contributed by atoms with Crippen molar-refractivity contribution >= 4 is 27.5 Å². The molecule has 0 aliphatic carbocycles. The van der Waals surface area contributed by atoms with E-state index in [4.69, 9.17) is 9.47 Å². The van der Waals surface area contributed by atoms with Gasteiger partial charge in [-0.3, -0.25) is 13.9 Å². The first kappa shape index (κ1) is 31.4. The average molecular weight is 586 g/mol. The molecular weight excluding hydrogens is 549 g/mol. The van der Waals surface area contributed by atoms with Gasteiger partial charge in [0.15, 0.2) is 0 Å². The van der Waals surface area contributed by atoms with Crippen LogP contribution in [0.1, 0.15) is 32.3 Å². The van der Waals surface area contributed by atoms with Crippen LogP contribution >= 0.6 is 0 Å². The first-order chi connectivity index (χ1) is 19.6. The second-order valence-corrected chi connectivity index (χ2v) is 11.1. The van der Waals surface area contributed by atoms with Gasteiger partial charge in [-0.15, -0.1) is 0 Å². The van der Waals surface area contributed by atoms with Gasteiger partial charge in [0.05, 0.1) is 24.8 Å². The highest BCUT2D eigenvalue weighted by Crippen LogP contribution is 2.26. The van der Waals surface area contributed by atoms with Gasteiger partial charge in [-0.2, -0.15) is 0 Å². The zero-order valence-corrected chi connectivity index (χ0v) is 24.5. The summed E-state index contributed by atoms with van der Waals surface area (Å²) in [5.74, 6) is -0.458. The largest absolute Gasteiger partial charge is 0.497 e. The van der Waals surface area contributed by atoms with E-state index in [1.807, 2.05) is 6.92 Å². The first-order valence-electron chi connectivity index (χ1n) is 13.3. The number of rotatable bonds is 14. The molecule has 3 rings (SSSR count). The van der Waals surface area contributed by atoms with Crippen LogP contribution in [0.5, 0.6) is 11.5 Å². The third kappa shape index (κ3) is 7.97. The highest BCUT2D eigenvalue weighted by molar-refractivity contribution is 7.92. The number of sulfonamides is 1. The fraction of sp³-hybridized carbons (Fsp3) is 0.333. The Morgan fingerprint density at radius 1 is 0.927 bits per heavy atom. The van der Waals surface area contributed by atoms with Crippen LogP contribution in [0.15, 0.2) is 77.7 Å². The summed E-state index contributed by atoms with van der Waals surface area (Å²) in [5.41, 5.74) is 0.797. The Hall–Kier alpha value is -4.12. The number of nitrogens with zero attached hydrogens (tertiary/aromatic N) is 2. The third-order valence-electron chi connectivity index (χ3n) is 6.46. The number of ether oxygens (including phenoxy) is 2. The van der Waals surface area contributed by atoms with Gasteiger partial charge in [0.25, 0.3) is 10.0 Å². The molecule has 9 nitrogen and oxygen atoms in total. The minimum Gasteiger partial charge on any atom is -0.497 e.